The molecule has 0 aliphatic rings. The second-order valence-electron chi connectivity index (χ2n) is 5.37. The van der Waals surface area contributed by atoms with Crippen molar-refractivity contribution in [1.29, 1.82) is 0 Å². The Balaban J connectivity index is 2.38. The summed E-state index contributed by atoms with van der Waals surface area (Å²) in [6, 6.07) is 9.14. The van der Waals surface area contributed by atoms with Crippen LogP contribution in [0.1, 0.15) is 45.6 Å². The van der Waals surface area contributed by atoms with E-state index in [2.05, 4.69) is 50.4 Å². The number of hydrogen-bond donors (Lipinski definition) is 1. The van der Waals surface area contributed by atoms with Crippen LogP contribution in [0.4, 0.5) is 0 Å². The first-order valence-corrected chi connectivity index (χ1v) is 7.58. The third-order valence-corrected chi connectivity index (χ3v) is 3.92. The number of ether oxygens (including phenoxy) is 1. The minimum atomic E-state index is 0.575. The largest absolute Gasteiger partial charge is 0.493 e. The molecule has 1 N–H and O–H groups in total. The average Bonchev–Trinajstić information content (AvgIpc) is 2.47. The first-order valence-electron chi connectivity index (χ1n) is 7.58. The number of aryl methyl sites for hydroxylation is 1. The molecule has 0 fully saturated rings. The lowest BCUT2D eigenvalue weighted by Crippen LogP contribution is -2.21. The van der Waals surface area contributed by atoms with Crippen molar-refractivity contribution in [3.8, 4) is 5.75 Å². The highest BCUT2D eigenvalue weighted by atomic mass is 16.5. The molecule has 0 saturated carbocycles. The van der Waals surface area contributed by atoms with Gasteiger partial charge in [0.15, 0.2) is 0 Å². The fourth-order valence-electron chi connectivity index (χ4n) is 2.02. The van der Waals surface area contributed by atoms with Crippen LogP contribution in [0.5, 0.6) is 5.75 Å². The van der Waals surface area contributed by atoms with Crippen LogP contribution < -0.4 is 10.1 Å². The summed E-state index contributed by atoms with van der Waals surface area (Å²) in [6.07, 6.45) is 4.67. The summed E-state index contributed by atoms with van der Waals surface area (Å²) >= 11 is 0. The second-order valence-corrected chi connectivity index (χ2v) is 5.37. The van der Waals surface area contributed by atoms with E-state index >= 15 is 0 Å². The summed E-state index contributed by atoms with van der Waals surface area (Å²) in [5.74, 6) is 1.67. The standard InChI is InChI=1S/C17H29NO/c1-5-15(6-2)13-19-17-11-9-16(10-12-17)8-7-14(3)18-4/h9-12,14-15,18H,5-8,13H2,1-4H3. The zero-order chi connectivity index (χ0) is 14.1. The predicted molar refractivity (Wildman–Crippen MR) is 82.9 cm³/mol. The highest BCUT2D eigenvalue weighted by Crippen LogP contribution is 2.16. The fraction of sp³-hybridized carbons (Fsp3) is 0.647. The van der Waals surface area contributed by atoms with Gasteiger partial charge in [-0.15, -0.1) is 0 Å². The van der Waals surface area contributed by atoms with E-state index in [0.29, 0.717) is 12.0 Å². The minimum Gasteiger partial charge on any atom is -0.493 e. The molecule has 0 aliphatic heterocycles. The molecule has 0 amide bonds. The predicted octanol–water partition coefficient (Wildman–Crippen LogP) is 4.04. The Labute approximate surface area is 118 Å². The van der Waals surface area contributed by atoms with Crippen molar-refractivity contribution in [2.24, 2.45) is 5.92 Å². The SMILES string of the molecule is CCC(CC)COc1ccc(CCC(C)NC)cc1. The Morgan fingerprint density at radius 3 is 2.26 bits per heavy atom. The van der Waals surface area contributed by atoms with Gasteiger partial charge in [0.2, 0.25) is 0 Å². The average molecular weight is 263 g/mol. The van der Waals surface area contributed by atoms with Gasteiger partial charge in [-0.05, 0) is 50.4 Å². The molecule has 2 heteroatoms. The number of benzene rings is 1. The molecule has 0 aliphatic carbocycles. The van der Waals surface area contributed by atoms with Crippen LogP contribution in [-0.4, -0.2) is 19.7 Å². The van der Waals surface area contributed by atoms with Crippen LogP contribution >= 0.6 is 0 Å². The summed E-state index contributed by atoms with van der Waals surface area (Å²) in [6.45, 7) is 7.50. The first-order chi connectivity index (χ1) is 9.19. The molecule has 108 valence electrons. The van der Waals surface area contributed by atoms with E-state index in [-0.39, 0.29) is 0 Å². The second kappa shape index (κ2) is 8.98. The van der Waals surface area contributed by atoms with E-state index in [9.17, 15) is 0 Å². The zero-order valence-electron chi connectivity index (χ0n) is 12.9. The molecule has 0 spiro atoms. The van der Waals surface area contributed by atoms with Crippen molar-refractivity contribution >= 4 is 0 Å². The Kier molecular flexibility index (Phi) is 7.57. The highest BCUT2D eigenvalue weighted by molar-refractivity contribution is 5.27. The fourth-order valence-corrected chi connectivity index (χ4v) is 2.02. The molecule has 2 nitrogen and oxygen atoms in total. The normalized spacial score (nSPS) is 12.7. The van der Waals surface area contributed by atoms with Crippen LogP contribution in [0.3, 0.4) is 0 Å². The van der Waals surface area contributed by atoms with Gasteiger partial charge in [-0.25, -0.2) is 0 Å². The lowest BCUT2D eigenvalue weighted by atomic mass is 10.1. The molecule has 1 unspecified atom stereocenters. The van der Waals surface area contributed by atoms with E-state index < -0.39 is 0 Å². The molecule has 0 bridgehead atoms. The van der Waals surface area contributed by atoms with E-state index in [4.69, 9.17) is 4.74 Å². The van der Waals surface area contributed by atoms with E-state index in [1.54, 1.807) is 0 Å². The van der Waals surface area contributed by atoms with Gasteiger partial charge in [0.1, 0.15) is 5.75 Å². The maximum absolute atomic E-state index is 5.84. The first kappa shape index (κ1) is 16.0. The Hall–Kier alpha value is -1.02. The topological polar surface area (TPSA) is 21.3 Å². The van der Waals surface area contributed by atoms with Crippen molar-refractivity contribution in [2.75, 3.05) is 13.7 Å². The van der Waals surface area contributed by atoms with Gasteiger partial charge >= 0.3 is 0 Å². The smallest absolute Gasteiger partial charge is 0.119 e. The molecule has 0 saturated heterocycles. The van der Waals surface area contributed by atoms with E-state index in [1.807, 2.05) is 7.05 Å². The molecule has 1 aromatic carbocycles. The van der Waals surface area contributed by atoms with Gasteiger partial charge in [0.25, 0.3) is 0 Å². The summed E-state index contributed by atoms with van der Waals surface area (Å²) in [4.78, 5) is 0. The Bertz CT molecular complexity index is 330. The van der Waals surface area contributed by atoms with Gasteiger partial charge in [-0.3, -0.25) is 0 Å². The molecule has 0 radical (unpaired) electrons. The number of rotatable bonds is 9. The zero-order valence-corrected chi connectivity index (χ0v) is 12.9. The summed E-state index contributed by atoms with van der Waals surface area (Å²) in [5, 5.41) is 3.27. The van der Waals surface area contributed by atoms with Crippen LogP contribution in [0.15, 0.2) is 24.3 Å². The van der Waals surface area contributed by atoms with E-state index in [1.165, 1.54) is 24.8 Å². The minimum absolute atomic E-state index is 0.575. The van der Waals surface area contributed by atoms with E-state index in [0.717, 1.165) is 18.8 Å². The van der Waals surface area contributed by atoms with Crippen LogP contribution in [-0.2, 0) is 6.42 Å². The molecule has 0 aromatic heterocycles. The van der Waals surface area contributed by atoms with Gasteiger partial charge in [0.05, 0.1) is 6.61 Å². The van der Waals surface area contributed by atoms with Gasteiger partial charge in [-0.1, -0.05) is 38.8 Å². The molecule has 0 heterocycles. The van der Waals surface area contributed by atoms with Crippen LogP contribution in [0.25, 0.3) is 0 Å². The quantitative estimate of drug-likeness (QED) is 0.726. The van der Waals surface area contributed by atoms with Gasteiger partial charge in [-0.2, -0.15) is 0 Å². The van der Waals surface area contributed by atoms with Crippen molar-refractivity contribution in [2.45, 2.75) is 52.5 Å². The summed E-state index contributed by atoms with van der Waals surface area (Å²) in [7, 11) is 2.01. The molecule has 1 aromatic rings. The molecule has 19 heavy (non-hydrogen) atoms. The maximum Gasteiger partial charge on any atom is 0.119 e. The molecular formula is C17H29NO. The highest BCUT2D eigenvalue weighted by Gasteiger charge is 2.04. The third kappa shape index (κ3) is 6.11. The third-order valence-electron chi connectivity index (χ3n) is 3.92. The van der Waals surface area contributed by atoms with Crippen molar-refractivity contribution in [1.82, 2.24) is 5.32 Å². The lowest BCUT2D eigenvalue weighted by molar-refractivity contribution is 0.240. The lowest BCUT2D eigenvalue weighted by Gasteiger charge is -2.14. The van der Waals surface area contributed by atoms with Gasteiger partial charge in [0, 0.05) is 6.04 Å². The molecule has 1 atom stereocenters. The van der Waals surface area contributed by atoms with Crippen molar-refractivity contribution in [3.63, 3.8) is 0 Å². The van der Waals surface area contributed by atoms with Gasteiger partial charge < -0.3 is 10.1 Å². The molecule has 1 rings (SSSR count). The maximum atomic E-state index is 5.84. The summed E-state index contributed by atoms with van der Waals surface area (Å²) in [5.41, 5.74) is 1.39. The van der Waals surface area contributed by atoms with Crippen molar-refractivity contribution < 1.29 is 4.74 Å². The van der Waals surface area contributed by atoms with Crippen molar-refractivity contribution in [3.05, 3.63) is 29.8 Å². The number of nitrogens with one attached hydrogen (secondary N) is 1. The Morgan fingerprint density at radius 2 is 1.74 bits per heavy atom. The monoisotopic (exact) mass is 263 g/mol. The molecular weight excluding hydrogens is 234 g/mol. The Morgan fingerprint density at radius 1 is 1.11 bits per heavy atom. The number of hydrogen-bond acceptors (Lipinski definition) is 2. The van der Waals surface area contributed by atoms with Crippen LogP contribution in [0, 0.1) is 5.92 Å². The van der Waals surface area contributed by atoms with Crippen LogP contribution in [0.2, 0.25) is 0 Å². The summed E-state index contributed by atoms with van der Waals surface area (Å²) < 4.78 is 5.84.